The maximum atomic E-state index is 3.54. The number of anilines is 1. The lowest BCUT2D eigenvalue weighted by atomic mass is 9.98. The number of halogens is 2. The Morgan fingerprint density at radius 2 is 2.36 bits per heavy atom. The summed E-state index contributed by atoms with van der Waals surface area (Å²) >= 11 is 5.91. The summed E-state index contributed by atoms with van der Waals surface area (Å²) < 4.78 is 2.44. The van der Waals surface area contributed by atoms with Crippen LogP contribution in [0.5, 0.6) is 0 Å². The Labute approximate surface area is 106 Å². The van der Waals surface area contributed by atoms with E-state index >= 15 is 0 Å². The largest absolute Gasteiger partial charge is 0.384 e. The monoisotopic (exact) mass is 366 g/mol. The third-order valence-corrected chi connectivity index (χ3v) is 3.85. The van der Waals surface area contributed by atoms with Gasteiger partial charge < -0.3 is 10.6 Å². The molecule has 1 atom stereocenters. The molecule has 0 bridgehead atoms. The molecular formula is C10H12BrIN2. The zero-order valence-electron chi connectivity index (χ0n) is 7.90. The Kier molecular flexibility index (Phi) is 3.34. The number of benzene rings is 1. The second kappa shape index (κ2) is 4.37. The van der Waals surface area contributed by atoms with Crippen molar-refractivity contribution in [1.29, 1.82) is 0 Å². The van der Waals surface area contributed by atoms with E-state index in [0.29, 0.717) is 6.04 Å². The lowest BCUT2D eigenvalue weighted by Gasteiger charge is -2.27. The molecular weight excluding hydrogens is 355 g/mol. The molecule has 2 nitrogen and oxygen atoms in total. The smallest absolute Gasteiger partial charge is 0.0525 e. The van der Waals surface area contributed by atoms with Crippen LogP contribution >= 0.6 is 38.5 Å². The number of hydrogen-bond donors (Lipinski definition) is 2. The van der Waals surface area contributed by atoms with Gasteiger partial charge in [-0.15, -0.1) is 0 Å². The minimum atomic E-state index is 0.484. The van der Waals surface area contributed by atoms with Gasteiger partial charge in [0.25, 0.3) is 0 Å². The molecule has 0 aromatic heterocycles. The van der Waals surface area contributed by atoms with Gasteiger partial charge in [-0.2, -0.15) is 0 Å². The Morgan fingerprint density at radius 1 is 1.57 bits per heavy atom. The van der Waals surface area contributed by atoms with Crippen LogP contribution in [0.1, 0.15) is 18.0 Å². The van der Waals surface area contributed by atoms with Crippen molar-refractivity contribution in [2.45, 2.75) is 12.5 Å². The summed E-state index contributed by atoms with van der Waals surface area (Å²) in [6.07, 6.45) is 1.15. The van der Waals surface area contributed by atoms with Gasteiger partial charge in [-0.05, 0) is 53.8 Å². The van der Waals surface area contributed by atoms with Crippen LogP contribution in [0, 0.1) is 3.57 Å². The Bertz CT molecular complexity index is 354. The Morgan fingerprint density at radius 3 is 3.07 bits per heavy atom. The SMILES string of the molecule is CNC1CCNc2c(I)cc(Br)cc21. The van der Waals surface area contributed by atoms with E-state index in [1.54, 1.807) is 0 Å². The molecule has 1 aromatic carbocycles. The summed E-state index contributed by atoms with van der Waals surface area (Å²) in [6, 6.07) is 4.83. The molecule has 4 heteroatoms. The van der Waals surface area contributed by atoms with Gasteiger partial charge in [-0.3, -0.25) is 0 Å². The molecule has 2 rings (SSSR count). The predicted octanol–water partition coefficient (Wildman–Crippen LogP) is 3.13. The van der Waals surface area contributed by atoms with E-state index in [9.17, 15) is 0 Å². The van der Waals surface area contributed by atoms with Gasteiger partial charge >= 0.3 is 0 Å². The van der Waals surface area contributed by atoms with Crippen LogP contribution in [0.4, 0.5) is 5.69 Å². The van der Waals surface area contributed by atoms with E-state index < -0.39 is 0 Å². The Hall–Kier alpha value is 0.190. The van der Waals surface area contributed by atoms with Gasteiger partial charge in [-0.25, -0.2) is 0 Å². The summed E-state index contributed by atoms with van der Waals surface area (Å²) in [6.45, 7) is 1.05. The standard InChI is InChI=1S/C10H12BrIN2/c1-13-9-2-3-14-10-7(9)4-6(11)5-8(10)12/h4-5,9,13-14H,2-3H2,1H3. The average Bonchev–Trinajstić information content (AvgIpc) is 2.17. The summed E-state index contributed by atoms with van der Waals surface area (Å²) in [5.74, 6) is 0. The first-order chi connectivity index (χ1) is 6.72. The molecule has 1 heterocycles. The predicted molar refractivity (Wildman–Crippen MR) is 71.8 cm³/mol. The quantitative estimate of drug-likeness (QED) is 0.746. The molecule has 0 fully saturated rings. The van der Waals surface area contributed by atoms with E-state index in [-0.39, 0.29) is 0 Å². The maximum Gasteiger partial charge on any atom is 0.0525 e. The topological polar surface area (TPSA) is 24.1 Å². The van der Waals surface area contributed by atoms with Gasteiger partial charge in [0, 0.05) is 20.6 Å². The zero-order valence-corrected chi connectivity index (χ0v) is 11.6. The second-order valence-corrected chi connectivity index (χ2v) is 5.49. The van der Waals surface area contributed by atoms with E-state index in [1.807, 2.05) is 7.05 Å². The molecule has 0 amide bonds. The molecule has 2 N–H and O–H groups in total. The third-order valence-electron chi connectivity index (χ3n) is 2.54. The highest BCUT2D eigenvalue weighted by molar-refractivity contribution is 14.1. The fourth-order valence-corrected chi connectivity index (χ4v) is 3.59. The molecule has 0 spiro atoms. The number of nitrogens with one attached hydrogen (secondary N) is 2. The highest BCUT2D eigenvalue weighted by atomic mass is 127. The van der Waals surface area contributed by atoms with Crippen LogP contribution in [0.25, 0.3) is 0 Å². The minimum Gasteiger partial charge on any atom is -0.384 e. The second-order valence-electron chi connectivity index (χ2n) is 3.41. The van der Waals surface area contributed by atoms with Crippen molar-refractivity contribution in [3.63, 3.8) is 0 Å². The van der Waals surface area contributed by atoms with Crippen molar-refractivity contribution >= 4 is 44.2 Å². The number of fused-ring (bicyclic) bond motifs is 1. The van der Waals surface area contributed by atoms with Crippen molar-refractivity contribution in [1.82, 2.24) is 5.32 Å². The molecule has 76 valence electrons. The summed E-state index contributed by atoms with van der Waals surface area (Å²) in [5, 5.41) is 6.80. The number of rotatable bonds is 1. The highest BCUT2D eigenvalue weighted by Crippen LogP contribution is 2.35. The van der Waals surface area contributed by atoms with Gasteiger partial charge in [0.05, 0.1) is 5.69 Å². The molecule has 1 aliphatic rings. The summed E-state index contributed by atoms with van der Waals surface area (Å²) in [5.41, 5.74) is 2.66. The van der Waals surface area contributed by atoms with Crippen LogP contribution in [-0.4, -0.2) is 13.6 Å². The zero-order chi connectivity index (χ0) is 10.1. The van der Waals surface area contributed by atoms with E-state index in [0.717, 1.165) is 17.4 Å². The molecule has 1 aliphatic heterocycles. The van der Waals surface area contributed by atoms with E-state index in [4.69, 9.17) is 0 Å². The molecule has 1 unspecified atom stereocenters. The van der Waals surface area contributed by atoms with Crippen LogP contribution in [0.2, 0.25) is 0 Å². The third kappa shape index (κ3) is 1.92. The minimum absolute atomic E-state index is 0.484. The van der Waals surface area contributed by atoms with Gasteiger partial charge in [-0.1, -0.05) is 15.9 Å². The molecule has 0 radical (unpaired) electrons. The first-order valence-electron chi connectivity index (χ1n) is 4.62. The van der Waals surface area contributed by atoms with Crippen molar-refractivity contribution in [2.75, 3.05) is 18.9 Å². The molecule has 1 aromatic rings. The average molecular weight is 367 g/mol. The van der Waals surface area contributed by atoms with E-state index in [2.05, 4.69) is 61.3 Å². The first-order valence-corrected chi connectivity index (χ1v) is 6.49. The normalized spacial score (nSPS) is 20.1. The summed E-state index contributed by atoms with van der Waals surface area (Å²) in [4.78, 5) is 0. The molecule has 0 saturated carbocycles. The van der Waals surface area contributed by atoms with Crippen LogP contribution in [0.15, 0.2) is 16.6 Å². The molecule has 14 heavy (non-hydrogen) atoms. The fraction of sp³-hybridized carbons (Fsp3) is 0.400. The van der Waals surface area contributed by atoms with Crippen LogP contribution in [0.3, 0.4) is 0 Å². The maximum absolute atomic E-state index is 3.54. The molecule has 0 saturated heterocycles. The van der Waals surface area contributed by atoms with Gasteiger partial charge in [0.15, 0.2) is 0 Å². The Balaban J connectivity index is 2.51. The van der Waals surface area contributed by atoms with Gasteiger partial charge in [0.2, 0.25) is 0 Å². The molecule has 0 aliphatic carbocycles. The van der Waals surface area contributed by atoms with Crippen LogP contribution < -0.4 is 10.6 Å². The van der Waals surface area contributed by atoms with Crippen molar-refractivity contribution in [3.05, 3.63) is 25.7 Å². The van der Waals surface area contributed by atoms with Crippen LogP contribution in [-0.2, 0) is 0 Å². The first kappa shape index (κ1) is 10.7. The lowest BCUT2D eigenvalue weighted by Crippen LogP contribution is -2.26. The van der Waals surface area contributed by atoms with Gasteiger partial charge in [0.1, 0.15) is 0 Å². The van der Waals surface area contributed by atoms with Crippen molar-refractivity contribution < 1.29 is 0 Å². The lowest BCUT2D eigenvalue weighted by molar-refractivity contribution is 0.550. The number of hydrogen-bond acceptors (Lipinski definition) is 2. The van der Waals surface area contributed by atoms with Crippen molar-refractivity contribution in [3.8, 4) is 0 Å². The fourth-order valence-electron chi connectivity index (χ4n) is 1.85. The van der Waals surface area contributed by atoms with Crippen molar-refractivity contribution in [2.24, 2.45) is 0 Å². The highest BCUT2D eigenvalue weighted by Gasteiger charge is 2.20. The van der Waals surface area contributed by atoms with E-state index in [1.165, 1.54) is 14.8 Å². The summed E-state index contributed by atoms with van der Waals surface area (Å²) in [7, 11) is 2.02.